The smallest absolute Gasteiger partial charge is 0.232 e. The summed E-state index contributed by atoms with van der Waals surface area (Å²) in [7, 11) is 0. The Balaban J connectivity index is 2.17. The van der Waals surface area contributed by atoms with E-state index in [4.69, 9.17) is 11.5 Å². The third kappa shape index (κ3) is 4.38. The standard InChI is InChI=1S/C17H30N6O2/c1-3-5-6-7-8-9-12-22-16(19)20-15(18)21(4-2)17(22)23-13(24)10-11-14(23)25/h8-9,16-17H,3-7,10-12,19H2,1-2H3,(H2,18,20). The summed E-state index contributed by atoms with van der Waals surface area (Å²) in [5.41, 5.74) is 12.1. The van der Waals surface area contributed by atoms with Gasteiger partial charge in [0.1, 0.15) is 0 Å². The number of guanidine groups is 1. The van der Waals surface area contributed by atoms with Gasteiger partial charge in [0.15, 0.2) is 18.5 Å². The van der Waals surface area contributed by atoms with Crippen LogP contribution in [0.1, 0.15) is 52.4 Å². The highest BCUT2D eigenvalue weighted by molar-refractivity contribution is 6.02. The number of hydrogen-bond donors (Lipinski definition) is 2. The van der Waals surface area contributed by atoms with Gasteiger partial charge < -0.3 is 10.6 Å². The van der Waals surface area contributed by atoms with E-state index >= 15 is 0 Å². The molecule has 2 unspecified atom stereocenters. The van der Waals surface area contributed by atoms with Crippen LogP contribution in [0.2, 0.25) is 0 Å². The van der Waals surface area contributed by atoms with Gasteiger partial charge in [-0.1, -0.05) is 31.9 Å². The largest absolute Gasteiger partial charge is 0.370 e. The highest BCUT2D eigenvalue weighted by atomic mass is 16.2. The number of carbonyl (C=O) groups is 2. The van der Waals surface area contributed by atoms with Crippen LogP contribution in [0.5, 0.6) is 0 Å². The lowest BCUT2D eigenvalue weighted by atomic mass is 10.2. The molecule has 2 atom stereocenters. The van der Waals surface area contributed by atoms with Crippen molar-refractivity contribution in [2.24, 2.45) is 16.5 Å². The first-order chi connectivity index (χ1) is 12.0. The minimum atomic E-state index is -0.686. The topological polar surface area (TPSA) is 108 Å². The molecule has 2 heterocycles. The zero-order valence-electron chi connectivity index (χ0n) is 15.2. The Morgan fingerprint density at radius 1 is 1.16 bits per heavy atom. The number of nitrogens with zero attached hydrogens (tertiary/aromatic N) is 4. The van der Waals surface area contributed by atoms with Gasteiger partial charge in [-0.25, -0.2) is 14.8 Å². The molecule has 0 spiro atoms. The van der Waals surface area contributed by atoms with Crippen LogP contribution in [0.25, 0.3) is 0 Å². The molecule has 2 aliphatic heterocycles. The van der Waals surface area contributed by atoms with Gasteiger partial charge in [0, 0.05) is 25.9 Å². The van der Waals surface area contributed by atoms with Crippen molar-refractivity contribution in [1.29, 1.82) is 0 Å². The first-order valence-electron chi connectivity index (χ1n) is 9.12. The summed E-state index contributed by atoms with van der Waals surface area (Å²) in [5, 5.41) is 0. The molecular formula is C17H30N6O2. The van der Waals surface area contributed by atoms with Crippen molar-refractivity contribution >= 4 is 17.8 Å². The average Bonchev–Trinajstić information content (AvgIpc) is 2.90. The molecule has 2 rings (SSSR count). The van der Waals surface area contributed by atoms with E-state index in [2.05, 4.69) is 18.0 Å². The molecule has 2 aliphatic rings. The van der Waals surface area contributed by atoms with Crippen molar-refractivity contribution in [2.75, 3.05) is 13.1 Å². The Morgan fingerprint density at radius 2 is 1.84 bits per heavy atom. The zero-order chi connectivity index (χ0) is 18.4. The van der Waals surface area contributed by atoms with Crippen LogP contribution in [0.4, 0.5) is 0 Å². The zero-order valence-corrected chi connectivity index (χ0v) is 15.2. The monoisotopic (exact) mass is 350 g/mol. The fourth-order valence-electron chi connectivity index (χ4n) is 3.21. The van der Waals surface area contributed by atoms with Crippen LogP contribution >= 0.6 is 0 Å². The molecule has 0 saturated carbocycles. The van der Waals surface area contributed by atoms with Crippen LogP contribution in [0.3, 0.4) is 0 Å². The molecule has 0 bridgehead atoms. The summed E-state index contributed by atoms with van der Waals surface area (Å²) >= 11 is 0. The number of hydrogen-bond acceptors (Lipinski definition) is 7. The molecule has 0 aromatic rings. The molecule has 140 valence electrons. The lowest BCUT2D eigenvalue weighted by molar-refractivity contribution is -0.154. The van der Waals surface area contributed by atoms with E-state index in [0.717, 1.165) is 12.8 Å². The maximum Gasteiger partial charge on any atom is 0.232 e. The number of allylic oxidation sites excluding steroid dienone is 1. The van der Waals surface area contributed by atoms with Crippen molar-refractivity contribution < 1.29 is 9.59 Å². The van der Waals surface area contributed by atoms with Gasteiger partial charge in [-0.05, 0) is 19.8 Å². The van der Waals surface area contributed by atoms with Gasteiger partial charge in [-0.3, -0.25) is 15.3 Å². The number of aliphatic imine (C=N–C) groups is 1. The Labute approximate surface area is 149 Å². The van der Waals surface area contributed by atoms with Gasteiger partial charge in [-0.15, -0.1) is 0 Å². The lowest BCUT2D eigenvalue weighted by Crippen LogP contribution is -2.69. The van der Waals surface area contributed by atoms with E-state index in [1.165, 1.54) is 17.7 Å². The van der Waals surface area contributed by atoms with E-state index in [1.54, 1.807) is 4.90 Å². The van der Waals surface area contributed by atoms with Gasteiger partial charge in [0.2, 0.25) is 11.8 Å². The fraction of sp³-hybridized carbons (Fsp3) is 0.706. The van der Waals surface area contributed by atoms with Crippen molar-refractivity contribution in [3.63, 3.8) is 0 Å². The Bertz CT molecular complexity index is 531. The second kappa shape index (κ2) is 8.96. The van der Waals surface area contributed by atoms with Crippen molar-refractivity contribution in [2.45, 2.75) is 65.0 Å². The molecule has 4 N–H and O–H groups in total. The number of unbranched alkanes of at least 4 members (excludes halogenated alkanes) is 3. The maximum absolute atomic E-state index is 12.3. The first kappa shape index (κ1) is 19.4. The molecule has 0 radical (unpaired) electrons. The second-order valence-electron chi connectivity index (χ2n) is 6.35. The predicted molar refractivity (Wildman–Crippen MR) is 96.8 cm³/mol. The molecule has 2 amide bonds. The predicted octanol–water partition coefficient (Wildman–Crippen LogP) is 0.750. The third-order valence-corrected chi connectivity index (χ3v) is 4.59. The van der Waals surface area contributed by atoms with Gasteiger partial charge >= 0.3 is 0 Å². The highest BCUT2D eigenvalue weighted by Gasteiger charge is 2.44. The molecule has 0 aromatic carbocycles. The number of rotatable bonds is 8. The van der Waals surface area contributed by atoms with Crippen LogP contribution in [0.15, 0.2) is 17.1 Å². The quantitative estimate of drug-likeness (QED) is 0.380. The number of carbonyl (C=O) groups excluding carboxylic acids is 2. The first-order valence-corrected chi connectivity index (χ1v) is 9.12. The van der Waals surface area contributed by atoms with Crippen LogP contribution in [-0.2, 0) is 9.59 Å². The lowest BCUT2D eigenvalue weighted by Gasteiger charge is -2.47. The summed E-state index contributed by atoms with van der Waals surface area (Å²) < 4.78 is 0. The van der Waals surface area contributed by atoms with E-state index < -0.39 is 12.6 Å². The normalized spacial score (nSPS) is 25.3. The summed E-state index contributed by atoms with van der Waals surface area (Å²) in [4.78, 5) is 33.7. The van der Waals surface area contributed by atoms with Crippen molar-refractivity contribution in [3.05, 3.63) is 12.2 Å². The van der Waals surface area contributed by atoms with Crippen LogP contribution < -0.4 is 11.5 Å². The van der Waals surface area contributed by atoms with Crippen LogP contribution in [0, 0.1) is 0 Å². The van der Waals surface area contributed by atoms with E-state index in [-0.39, 0.29) is 30.6 Å². The molecule has 25 heavy (non-hydrogen) atoms. The summed E-state index contributed by atoms with van der Waals surface area (Å²) in [6.45, 7) is 5.12. The van der Waals surface area contributed by atoms with Crippen LogP contribution in [-0.4, -0.2) is 58.1 Å². The molecule has 0 aromatic heterocycles. The third-order valence-electron chi connectivity index (χ3n) is 4.59. The number of nitrogens with two attached hydrogens (primary N) is 2. The summed E-state index contributed by atoms with van der Waals surface area (Å²) in [6, 6.07) is 0. The highest BCUT2D eigenvalue weighted by Crippen LogP contribution is 2.24. The Hall–Kier alpha value is -1.93. The van der Waals surface area contributed by atoms with Gasteiger partial charge in [0.25, 0.3) is 0 Å². The molecule has 1 saturated heterocycles. The average molecular weight is 350 g/mol. The van der Waals surface area contributed by atoms with Crippen molar-refractivity contribution in [1.82, 2.24) is 14.7 Å². The number of likely N-dealkylation sites (tertiary alicyclic amines) is 1. The fourth-order valence-corrected chi connectivity index (χ4v) is 3.21. The SMILES string of the molecule is CCCCCC=CCN1C(N)N=C(N)N(CC)C1N1C(=O)CCC1=O. The number of imide groups is 1. The minimum Gasteiger partial charge on any atom is -0.370 e. The summed E-state index contributed by atoms with van der Waals surface area (Å²) in [6.07, 6.45) is 7.87. The maximum atomic E-state index is 12.3. The molecule has 1 fully saturated rings. The number of amides is 2. The molecule has 8 nitrogen and oxygen atoms in total. The van der Waals surface area contributed by atoms with Crippen molar-refractivity contribution in [3.8, 4) is 0 Å². The minimum absolute atomic E-state index is 0.188. The van der Waals surface area contributed by atoms with E-state index in [9.17, 15) is 9.59 Å². The second-order valence-corrected chi connectivity index (χ2v) is 6.35. The van der Waals surface area contributed by atoms with E-state index in [1.807, 2.05) is 17.9 Å². The van der Waals surface area contributed by atoms with Gasteiger partial charge in [0.05, 0.1) is 0 Å². The van der Waals surface area contributed by atoms with E-state index in [0.29, 0.717) is 13.1 Å². The molecular weight excluding hydrogens is 320 g/mol. The Kier molecular flexibility index (Phi) is 6.95. The Morgan fingerprint density at radius 3 is 2.44 bits per heavy atom. The van der Waals surface area contributed by atoms with Gasteiger partial charge in [-0.2, -0.15) is 0 Å². The molecule has 0 aliphatic carbocycles. The summed E-state index contributed by atoms with van der Waals surface area (Å²) in [5.74, 6) is -0.116. The molecule has 8 heteroatoms.